The number of para-hydroxylation sites is 1. The number of aromatic nitrogens is 2. The number of nitrogens with zero attached hydrogens (tertiary/aromatic N) is 1. The van der Waals surface area contributed by atoms with Gasteiger partial charge in [-0.2, -0.15) is 0 Å². The van der Waals surface area contributed by atoms with E-state index >= 15 is 0 Å². The van der Waals surface area contributed by atoms with Crippen LogP contribution >= 0.6 is 0 Å². The Bertz CT molecular complexity index is 995. The molecule has 2 aromatic carbocycles. The standard InChI is InChI=1S/C25H29N3O3/c1-30-23-8-3-2-7-22(23)20-6-4-5-19(15-20)16-25(10-13-31-14-11-25)24(29)27-12-9-21-17-26-18-28-21/h2-8,15,17-18H,9-14,16H2,1H3,(H,26,28)(H,27,29). The highest BCUT2D eigenvalue weighted by atomic mass is 16.5. The molecule has 1 aromatic heterocycles. The fraction of sp³-hybridized carbons (Fsp3) is 0.360. The predicted molar refractivity (Wildman–Crippen MR) is 120 cm³/mol. The van der Waals surface area contributed by atoms with E-state index in [0.29, 0.717) is 26.2 Å². The summed E-state index contributed by atoms with van der Waals surface area (Å²) in [6.07, 6.45) is 6.33. The van der Waals surface area contributed by atoms with Gasteiger partial charge in [0.15, 0.2) is 0 Å². The van der Waals surface area contributed by atoms with Crippen LogP contribution in [-0.2, 0) is 22.4 Å². The van der Waals surface area contributed by atoms with Gasteiger partial charge >= 0.3 is 0 Å². The minimum atomic E-state index is -0.453. The molecular formula is C25H29N3O3. The van der Waals surface area contributed by atoms with Crippen LogP contribution in [0.1, 0.15) is 24.1 Å². The number of nitrogens with one attached hydrogen (secondary N) is 2. The number of hydrogen-bond donors (Lipinski definition) is 2. The number of hydrogen-bond acceptors (Lipinski definition) is 4. The van der Waals surface area contributed by atoms with Gasteiger partial charge < -0.3 is 19.8 Å². The van der Waals surface area contributed by atoms with Gasteiger partial charge in [-0.15, -0.1) is 0 Å². The molecule has 6 heteroatoms. The van der Waals surface area contributed by atoms with Gasteiger partial charge in [0.05, 0.1) is 18.9 Å². The number of imidazole rings is 1. The third-order valence-corrected chi connectivity index (χ3v) is 6.05. The quantitative estimate of drug-likeness (QED) is 0.583. The molecule has 0 saturated carbocycles. The van der Waals surface area contributed by atoms with Crippen LogP contribution < -0.4 is 10.1 Å². The largest absolute Gasteiger partial charge is 0.496 e. The normalized spacial score (nSPS) is 15.4. The Labute approximate surface area is 183 Å². The molecule has 31 heavy (non-hydrogen) atoms. The van der Waals surface area contributed by atoms with E-state index in [4.69, 9.17) is 9.47 Å². The van der Waals surface area contributed by atoms with Crippen LogP contribution in [0.3, 0.4) is 0 Å². The zero-order chi connectivity index (χ0) is 21.5. The second-order valence-corrected chi connectivity index (χ2v) is 8.05. The van der Waals surface area contributed by atoms with Crippen molar-refractivity contribution in [3.63, 3.8) is 0 Å². The maximum Gasteiger partial charge on any atom is 0.226 e. The van der Waals surface area contributed by atoms with Crippen molar-refractivity contribution in [2.75, 3.05) is 26.9 Å². The summed E-state index contributed by atoms with van der Waals surface area (Å²) in [5.74, 6) is 0.954. The third-order valence-electron chi connectivity index (χ3n) is 6.05. The average Bonchev–Trinajstić information content (AvgIpc) is 3.33. The van der Waals surface area contributed by atoms with E-state index in [1.165, 1.54) is 0 Å². The Morgan fingerprint density at radius 3 is 2.81 bits per heavy atom. The monoisotopic (exact) mass is 419 g/mol. The van der Waals surface area contributed by atoms with E-state index in [9.17, 15) is 4.79 Å². The molecule has 162 valence electrons. The molecule has 1 saturated heterocycles. The van der Waals surface area contributed by atoms with E-state index in [-0.39, 0.29) is 5.91 Å². The molecule has 1 aliphatic rings. The van der Waals surface area contributed by atoms with Gasteiger partial charge in [-0.25, -0.2) is 4.98 Å². The fourth-order valence-corrected chi connectivity index (χ4v) is 4.29. The Morgan fingerprint density at radius 2 is 2.03 bits per heavy atom. The van der Waals surface area contributed by atoms with E-state index in [0.717, 1.165) is 47.4 Å². The summed E-state index contributed by atoms with van der Waals surface area (Å²) >= 11 is 0. The number of methoxy groups -OCH3 is 1. The number of rotatable bonds is 8. The highest BCUT2D eigenvalue weighted by Crippen LogP contribution is 2.36. The van der Waals surface area contributed by atoms with Gasteiger partial charge in [0.25, 0.3) is 0 Å². The maximum absolute atomic E-state index is 13.3. The second-order valence-electron chi connectivity index (χ2n) is 8.05. The predicted octanol–water partition coefficient (Wildman–Crippen LogP) is 3.78. The smallest absolute Gasteiger partial charge is 0.226 e. The molecule has 0 radical (unpaired) electrons. The minimum absolute atomic E-state index is 0.109. The van der Waals surface area contributed by atoms with E-state index in [1.54, 1.807) is 19.6 Å². The third kappa shape index (κ3) is 4.97. The van der Waals surface area contributed by atoms with Crippen molar-refractivity contribution in [2.24, 2.45) is 5.41 Å². The average molecular weight is 420 g/mol. The van der Waals surface area contributed by atoms with Crippen LogP contribution in [0, 0.1) is 5.41 Å². The van der Waals surface area contributed by atoms with Crippen LogP contribution in [0.4, 0.5) is 0 Å². The summed E-state index contributed by atoms with van der Waals surface area (Å²) in [7, 11) is 1.69. The Morgan fingerprint density at radius 1 is 1.19 bits per heavy atom. The summed E-state index contributed by atoms with van der Waals surface area (Å²) in [5, 5.41) is 3.15. The number of H-pyrrole nitrogens is 1. The van der Waals surface area contributed by atoms with Crippen LogP contribution in [-0.4, -0.2) is 42.7 Å². The summed E-state index contributed by atoms with van der Waals surface area (Å²) in [6, 6.07) is 16.4. The lowest BCUT2D eigenvalue weighted by molar-refractivity contribution is -0.136. The second kappa shape index (κ2) is 9.79. The highest BCUT2D eigenvalue weighted by Gasteiger charge is 2.40. The van der Waals surface area contributed by atoms with Crippen molar-refractivity contribution in [3.8, 4) is 16.9 Å². The number of aromatic amines is 1. The first kappa shape index (κ1) is 21.1. The maximum atomic E-state index is 13.3. The van der Waals surface area contributed by atoms with Gasteiger partial charge in [-0.05, 0) is 36.5 Å². The number of carbonyl (C=O) groups is 1. The first-order valence-electron chi connectivity index (χ1n) is 10.8. The van der Waals surface area contributed by atoms with Crippen molar-refractivity contribution in [1.29, 1.82) is 0 Å². The van der Waals surface area contributed by atoms with Crippen molar-refractivity contribution < 1.29 is 14.3 Å². The van der Waals surface area contributed by atoms with Crippen LogP contribution in [0.25, 0.3) is 11.1 Å². The van der Waals surface area contributed by atoms with Crippen molar-refractivity contribution in [2.45, 2.75) is 25.7 Å². The summed E-state index contributed by atoms with van der Waals surface area (Å²) in [5.41, 5.74) is 3.86. The molecule has 1 amide bonds. The molecule has 0 bridgehead atoms. The number of ether oxygens (including phenoxy) is 2. The van der Waals surface area contributed by atoms with Crippen molar-refractivity contribution in [1.82, 2.24) is 15.3 Å². The van der Waals surface area contributed by atoms with Crippen molar-refractivity contribution in [3.05, 3.63) is 72.3 Å². The van der Waals surface area contributed by atoms with Gasteiger partial charge in [0.2, 0.25) is 5.91 Å². The Balaban J connectivity index is 1.51. The molecule has 6 nitrogen and oxygen atoms in total. The number of amides is 1. The molecule has 3 aromatic rings. The summed E-state index contributed by atoms with van der Waals surface area (Å²) in [6.45, 7) is 1.81. The minimum Gasteiger partial charge on any atom is -0.496 e. The molecule has 1 fully saturated rings. The Hall–Kier alpha value is -3.12. The van der Waals surface area contributed by atoms with Gasteiger partial charge in [-0.3, -0.25) is 4.79 Å². The molecule has 0 aliphatic carbocycles. The summed E-state index contributed by atoms with van der Waals surface area (Å²) in [4.78, 5) is 20.4. The SMILES string of the molecule is COc1ccccc1-c1cccc(CC2(C(=O)NCCc3cnc[nH]3)CCOCC2)c1. The molecule has 0 unspecified atom stereocenters. The topological polar surface area (TPSA) is 76.2 Å². The lowest BCUT2D eigenvalue weighted by Gasteiger charge is -2.36. The van der Waals surface area contributed by atoms with Crippen LogP contribution in [0.15, 0.2) is 61.1 Å². The Kier molecular flexibility index (Phi) is 6.67. The van der Waals surface area contributed by atoms with Gasteiger partial charge in [0, 0.05) is 43.6 Å². The van der Waals surface area contributed by atoms with Crippen LogP contribution in [0.5, 0.6) is 5.75 Å². The van der Waals surface area contributed by atoms with Crippen molar-refractivity contribution >= 4 is 5.91 Å². The highest BCUT2D eigenvalue weighted by molar-refractivity contribution is 5.83. The lowest BCUT2D eigenvalue weighted by Crippen LogP contribution is -2.46. The fourth-order valence-electron chi connectivity index (χ4n) is 4.29. The molecule has 2 N–H and O–H groups in total. The molecule has 0 atom stereocenters. The zero-order valence-electron chi connectivity index (χ0n) is 17.9. The van der Waals surface area contributed by atoms with E-state index < -0.39 is 5.41 Å². The molecule has 4 rings (SSSR count). The molecular weight excluding hydrogens is 390 g/mol. The number of benzene rings is 2. The summed E-state index contributed by atoms with van der Waals surface area (Å²) < 4.78 is 11.1. The lowest BCUT2D eigenvalue weighted by atomic mass is 9.74. The van der Waals surface area contributed by atoms with E-state index in [1.807, 2.05) is 18.2 Å². The molecule has 2 heterocycles. The zero-order valence-corrected chi connectivity index (χ0v) is 17.9. The molecule has 1 aliphatic heterocycles. The van der Waals surface area contributed by atoms with E-state index in [2.05, 4.69) is 45.6 Å². The van der Waals surface area contributed by atoms with Gasteiger partial charge in [0.1, 0.15) is 5.75 Å². The molecule has 0 spiro atoms. The number of carbonyl (C=O) groups excluding carboxylic acids is 1. The first-order chi connectivity index (χ1) is 15.2. The van der Waals surface area contributed by atoms with Crippen LogP contribution in [0.2, 0.25) is 0 Å². The first-order valence-corrected chi connectivity index (χ1v) is 10.8. The van der Waals surface area contributed by atoms with Gasteiger partial charge in [-0.1, -0.05) is 42.5 Å².